The quantitative estimate of drug-likeness (QED) is 0.156. The molecule has 0 saturated heterocycles. The van der Waals surface area contributed by atoms with E-state index in [1.165, 1.54) is 64.2 Å². The largest absolute Gasteiger partial charge is 0.203 e. The summed E-state index contributed by atoms with van der Waals surface area (Å²) in [4.78, 5) is 0. The second-order valence-electron chi connectivity index (χ2n) is 6.66. The van der Waals surface area contributed by atoms with E-state index < -0.39 is 3.79 Å². The molecule has 140 valence electrons. The zero-order valence-corrected chi connectivity index (χ0v) is 19.2. The van der Waals surface area contributed by atoms with E-state index in [9.17, 15) is 0 Å². The Bertz CT molecular complexity index is 255. The Kier molecular flexibility index (Phi) is 15.7. The van der Waals surface area contributed by atoms with Gasteiger partial charge in [0, 0.05) is 5.25 Å². The van der Waals surface area contributed by atoms with Crippen molar-refractivity contribution < 1.29 is 0 Å². The fourth-order valence-corrected chi connectivity index (χ4v) is 6.91. The summed E-state index contributed by atoms with van der Waals surface area (Å²) < 4.78 is -1.17. The Morgan fingerprint density at radius 3 is 1.57 bits per heavy atom. The van der Waals surface area contributed by atoms with Crippen LogP contribution in [0.4, 0.5) is 0 Å². The highest BCUT2D eigenvalue weighted by molar-refractivity contribution is 8.77. The van der Waals surface area contributed by atoms with Crippen molar-refractivity contribution >= 4 is 56.4 Å². The Balaban J connectivity index is 4.68. The molecule has 0 unspecified atom stereocenters. The molecule has 23 heavy (non-hydrogen) atoms. The zero-order chi connectivity index (χ0) is 17.7. The minimum absolute atomic E-state index is 0.0863. The summed E-state index contributed by atoms with van der Waals surface area (Å²) in [6, 6.07) is 0. The molecule has 0 bridgehead atoms. The molecule has 0 spiro atoms. The fraction of sp³-hybridized carbons (Fsp3) is 1.00. The normalized spacial score (nSPS) is 14.0. The summed E-state index contributed by atoms with van der Waals surface area (Å²) in [6.07, 6.45) is 12.7. The first-order valence-electron chi connectivity index (χ1n) is 9.21. The van der Waals surface area contributed by atoms with Crippen LogP contribution in [0.3, 0.4) is 0 Å². The van der Waals surface area contributed by atoms with Gasteiger partial charge in [-0.2, -0.15) is 0 Å². The van der Waals surface area contributed by atoms with Crippen LogP contribution in [0.25, 0.3) is 0 Å². The van der Waals surface area contributed by atoms with Gasteiger partial charge in [-0.25, -0.2) is 0 Å². The predicted molar refractivity (Wildman–Crippen MR) is 115 cm³/mol. The lowest BCUT2D eigenvalue weighted by atomic mass is 9.92. The number of halogens is 3. The highest BCUT2D eigenvalue weighted by atomic mass is 35.6. The Hall–Kier alpha value is 1.57. The topological polar surface area (TPSA) is 0 Å². The Labute approximate surface area is 167 Å². The number of alkyl halides is 3. The highest BCUT2D eigenvalue weighted by Crippen LogP contribution is 2.49. The van der Waals surface area contributed by atoms with Gasteiger partial charge in [0.2, 0.25) is 3.79 Å². The molecule has 0 aliphatic carbocycles. The molecule has 0 aromatic heterocycles. The van der Waals surface area contributed by atoms with Gasteiger partial charge in [-0.15, -0.1) is 0 Å². The van der Waals surface area contributed by atoms with Gasteiger partial charge in [0.25, 0.3) is 0 Å². The van der Waals surface area contributed by atoms with Crippen molar-refractivity contribution in [3.05, 3.63) is 0 Å². The first-order chi connectivity index (χ1) is 10.8. The first-order valence-corrected chi connectivity index (χ1v) is 12.6. The lowest BCUT2D eigenvalue weighted by molar-refractivity contribution is 0.396. The summed E-state index contributed by atoms with van der Waals surface area (Å²) in [5, 5.41) is 0.638. The zero-order valence-electron chi connectivity index (χ0n) is 15.3. The molecular formula is C18H35Cl3S2. The molecule has 0 aromatic rings. The number of hydrogen-bond acceptors (Lipinski definition) is 2. The van der Waals surface area contributed by atoms with Crippen LogP contribution < -0.4 is 0 Å². The van der Waals surface area contributed by atoms with Gasteiger partial charge in [0.1, 0.15) is 0 Å². The first kappa shape index (κ1) is 24.6. The van der Waals surface area contributed by atoms with E-state index in [2.05, 4.69) is 27.7 Å². The van der Waals surface area contributed by atoms with E-state index in [-0.39, 0.29) is 5.25 Å². The van der Waals surface area contributed by atoms with E-state index >= 15 is 0 Å². The summed E-state index contributed by atoms with van der Waals surface area (Å²) in [7, 11) is 3.64. The van der Waals surface area contributed by atoms with Gasteiger partial charge in [0.05, 0.1) is 5.25 Å². The van der Waals surface area contributed by atoms with E-state index in [1.807, 2.05) is 10.8 Å². The standard InChI is InChI=1S/C18H35Cl3S2/c1-5-7-9-11-13-16(14-12-10-8-6-2)17(18(19,20)21)23-22-15(3)4/h15-17H,5-14H2,1-4H3/t17-/m0/s1. The summed E-state index contributed by atoms with van der Waals surface area (Å²) in [6.45, 7) is 8.90. The summed E-state index contributed by atoms with van der Waals surface area (Å²) in [5.74, 6) is 0.507. The smallest absolute Gasteiger partial charge is 0.0909 e. The molecule has 0 aliphatic rings. The average molecular weight is 422 g/mol. The van der Waals surface area contributed by atoms with E-state index in [0.29, 0.717) is 11.2 Å². The maximum Gasteiger partial charge on any atom is 0.203 e. The number of rotatable bonds is 14. The average Bonchev–Trinajstić information content (AvgIpc) is 2.45. The molecular weight excluding hydrogens is 387 g/mol. The van der Waals surface area contributed by atoms with Crippen LogP contribution in [0.2, 0.25) is 0 Å². The third-order valence-corrected chi connectivity index (χ3v) is 8.60. The molecule has 0 nitrogen and oxygen atoms in total. The fourth-order valence-electron chi connectivity index (χ4n) is 2.69. The maximum atomic E-state index is 6.35. The van der Waals surface area contributed by atoms with Crippen LogP contribution in [0, 0.1) is 5.92 Å². The van der Waals surface area contributed by atoms with Crippen molar-refractivity contribution in [3.8, 4) is 0 Å². The molecule has 0 N–H and O–H groups in total. The molecule has 5 heteroatoms. The lowest BCUT2D eigenvalue weighted by Gasteiger charge is -2.32. The van der Waals surface area contributed by atoms with Crippen molar-refractivity contribution in [3.63, 3.8) is 0 Å². The third kappa shape index (κ3) is 13.4. The molecule has 0 aromatic carbocycles. The lowest BCUT2D eigenvalue weighted by Crippen LogP contribution is -2.30. The Morgan fingerprint density at radius 2 is 1.22 bits per heavy atom. The van der Waals surface area contributed by atoms with Crippen LogP contribution in [-0.4, -0.2) is 14.3 Å². The van der Waals surface area contributed by atoms with Gasteiger partial charge in [-0.1, -0.05) is 135 Å². The van der Waals surface area contributed by atoms with Crippen molar-refractivity contribution in [1.29, 1.82) is 0 Å². The van der Waals surface area contributed by atoms with Crippen LogP contribution in [0.1, 0.15) is 91.9 Å². The molecule has 0 fully saturated rings. The van der Waals surface area contributed by atoms with Gasteiger partial charge in [0.15, 0.2) is 0 Å². The van der Waals surface area contributed by atoms with Gasteiger partial charge < -0.3 is 0 Å². The van der Waals surface area contributed by atoms with Crippen molar-refractivity contribution in [1.82, 2.24) is 0 Å². The Morgan fingerprint density at radius 1 is 0.739 bits per heavy atom. The second-order valence-corrected chi connectivity index (χ2v) is 12.0. The summed E-state index contributed by atoms with van der Waals surface area (Å²) >= 11 is 19.1. The number of unbranched alkanes of at least 4 members (excludes halogenated alkanes) is 6. The van der Waals surface area contributed by atoms with Crippen molar-refractivity contribution in [2.45, 2.75) is 106 Å². The molecule has 0 radical (unpaired) electrons. The van der Waals surface area contributed by atoms with Crippen molar-refractivity contribution in [2.24, 2.45) is 5.92 Å². The second kappa shape index (κ2) is 14.7. The maximum absolute atomic E-state index is 6.35. The third-order valence-electron chi connectivity index (χ3n) is 3.96. The molecule has 0 heterocycles. The van der Waals surface area contributed by atoms with Gasteiger partial charge in [-0.3, -0.25) is 0 Å². The van der Waals surface area contributed by atoms with Crippen LogP contribution in [0.15, 0.2) is 0 Å². The highest BCUT2D eigenvalue weighted by Gasteiger charge is 2.39. The molecule has 0 amide bonds. The summed E-state index contributed by atoms with van der Waals surface area (Å²) in [5.41, 5.74) is 0. The van der Waals surface area contributed by atoms with E-state index in [4.69, 9.17) is 34.8 Å². The minimum atomic E-state index is -1.17. The van der Waals surface area contributed by atoms with Crippen LogP contribution >= 0.6 is 56.4 Å². The number of hydrogen-bond donors (Lipinski definition) is 0. The van der Waals surface area contributed by atoms with Crippen molar-refractivity contribution in [2.75, 3.05) is 0 Å². The monoisotopic (exact) mass is 420 g/mol. The van der Waals surface area contributed by atoms with E-state index in [1.54, 1.807) is 10.8 Å². The van der Waals surface area contributed by atoms with Crippen LogP contribution in [0.5, 0.6) is 0 Å². The van der Waals surface area contributed by atoms with E-state index in [0.717, 1.165) is 0 Å². The molecule has 1 atom stereocenters. The van der Waals surface area contributed by atoms with Gasteiger partial charge >= 0.3 is 0 Å². The minimum Gasteiger partial charge on any atom is -0.0909 e. The molecule has 0 saturated carbocycles. The predicted octanol–water partition coefficient (Wildman–Crippen LogP) is 9.07. The van der Waals surface area contributed by atoms with Gasteiger partial charge in [-0.05, 0) is 18.8 Å². The molecule has 0 aliphatic heterocycles. The SMILES string of the molecule is CCCCCCC(CCCCCC)[C@H](SSC(C)C)C(Cl)(Cl)Cl. The van der Waals surface area contributed by atoms with Crippen LogP contribution in [-0.2, 0) is 0 Å². The molecule has 0 rings (SSSR count).